The number of carbonyl (C=O) groups is 1. The van der Waals surface area contributed by atoms with Gasteiger partial charge in [0.25, 0.3) is 0 Å². The first-order valence-electron chi connectivity index (χ1n) is 5.14. The van der Waals surface area contributed by atoms with E-state index in [1.807, 2.05) is 39.3 Å². The summed E-state index contributed by atoms with van der Waals surface area (Å²) in [7, 11) is -3.56. The van der Waals surface area contributed by atoms with Gasteiger partial charge in [0.05, 0.1) is 0 Å². The standard InChI is InChI=1S/C10H22O3Si2/c1-8-9(12-14(2,3)4)10(11)13-15(5,6)7/h8H,1-7H3/b9-8-. The van der Waals surface area contributed by atoms with Crippen LogP contribution in [0.3, 0.4) is 0 Å². The molecule has 3 nitrogen and oxygen atoms in total. The molecule has 0 N–H and O–H groups in total. The van der Waals surface area contributed by atoms with Crippen molar-refractivity contribution >= 4 is 22.6 Å². The molecule has 0 saturated heterocycles. The Morgan fingerprint density at radius 2 is 1.33 bits per heavy atom. The molecular formula is C10H22O3Si2. The molecule has 15 heavy (non-hydrogen) atoms. The van der Waals surface area contributed by atoms with Crippen LogP contribution in [0, 0.1) is 0 Å². The molecule has 0 aliphatic carbocycles. The highest BCUT2D eigenvalue weighted by Crippen LogP contribution is 2.14. The first-order chi connectivity index (χ1) is 6.55. The van der Waals surface area contributed by atoms with E-state index < -0.39 is 16.6 Å². The Bertz CT molecular complexity index is 259. The smallest absolute Gasteiger partial charge is 0.358 e. The Hall–Kier alpha value is -0.556. The van der Waals surface area contributed by atoms with Gasteiger partial charge < -0.3 is 8.85 Å². The van der Waals surface area contributed by atoms with Gasteiger partial charge in [-0.3, -0.25) is 0 Å². The van der Waals surface area contributed by atoms with E-state index in [-0.39, 0.29) is 5.97 Å². The van der Waals surface area contributed by atoms with Gasteiger partial charge in [0.2, 0.25) is 16.6 Å². The predicted octanol–water partition coefficient (Wildman–Crippen LogP) is 3.12. The Labute approximate surface area is 94.7 Å². The van der Waals surface area contributed by atoms with Crippen LogP contribution in [0.25, 0.3) is 0 Å². The van der Waals surface area contributed by atoms with Crippen LogP contribution in [0.5, 0.6) is 0 Å². The van der Waals surface area contributed by atoms with Crippen molar-refractivity contribution in [3.63, 3.8) is 0 Å². The van der Waals surface area contributed by atoms with E-state index in [2.05, 4.69) is 0 Å². The van der Waals surface area contributed by atoms with E-state index in [0.717, 1.165) is 0 Å². The van der Waals surface area contributed by atoms with Gasteiger partial charge in [-0.1, -0.05) is 0 Å². The molecule has 0 saturated carbocycles. The van der Waals surface area contributed by atoms with E-state index in [1.165, 1.54) is 0 Å². The third-order valence-electron chi connectivity index (χ3n) is 1.28. The molecule has 0 heterocycles. The summed E-state index contributed by atoms with van der Waals surface area (Å²) in [5, 5.41) is 0. The van der Waals surface area contributed by atoms with Crippen molar-refractivity contribution in [1.29, 1.82) is 0 Å². The second kappa shape index (κ2) is 4.98. The monoisotopic (exact) mass is 246 g/mol. The maximum absolute atomic E-state index is 11.7. The lowest BCUT2D eigenvalue weighted by molar-refractivity contribution is -0.133. The van der Waals surface area contributed by atoms with E-state index in [1.54, 1.807) is 13.0 Å². The minimum absolute atomic E-state index is 0.320. The molecule has 5 heteroatoms. The lowest BCUT2D eigenvalue weighted by atomic mass is 10.5. The molecule has 88 valence electrons. The zero-order valence-electron chi connectivity index (χ0n) is 10.8. The third kappa shape index (κ3) is 7.38. The maximum Gasteiger partial charge on any atom is 0.358 e. The van der Waals surface area contributed by atoms with E-state index in [0.29, 0.717) is 5.76 Å². The quantitative estimate of drug-likeness (QED) is 0.434. The van der Waals surface area contributed by atoms with E-state index >= 15 is 0 Å². The first kappa shape index (κ1) is 14.4. The highest BCUT2D eigenvalue weighted by Gasteiger charge is 2.26. The molecule has 0 radical (unpaired) electrons. The molecule has 0 fully saturated rings. The Morgan fingerprint density at radius 3 is 1.60 bits per heavy atom. The predicted molar refractivity (Wildman–Crippen MR) is 67.6 cm³/mol. The molecule has 0 bridgehead atoms. The fourth-order valence-electron chi connectivity index (χ4n) is 0.877. The summed E-state index contributed by atoms with van der Waals surface area (Å²) in [4.78, 5) is 11.7. The molecule has 0 unspecified atom stereocenters. The molecule has 0 rings (SSSR count). The SMILES string of the molecule is C/C=C(\O[Si](C)(C)C)C(=O)O[Si](C)(C)C. The van der Waals surface area contributed by atoms with Crippen molar-refractivity contribution in [2.45, 2.75) is 46.2 Å². The van der Waals surface area contributed by atoms with Crippen molar-refractivity contribution in [3.8, 4) is 0 Å². The maximum atomic E-state index is 11.7. The van der Waals surface area contributed by atoms with Gasteiger partial charge in [-0.15, -0.1) is 0 Å². The van der Waals surface area contributed by atoms with Crippen LogP contribution in [0.2, 0.25) is 39.3 Å². The number of rotatable bonds is 4. The summed E-state index contributed by atoms with van der Waals surface area (Å²) in [6, 6.07) is 0. The average Bonchev–Trinajstić information content (AvgIpc) is 1.94. The second-order valence-corrected chi connectivity index (χ2v) is 14.2. The lowest BCUT2D eigenvalue weighted by Gasteiger charge is -2.23. The first-order valence-corrected chi connectivity index (χ1v) is 12.0. The summed E-state index contributed by atoms with van der Waals surface area (Å²) in [6.45, 7) is 13.8. The van der Waals surface area contributed by atoms with Gasteiger partial charge in [-0.05, 0) is 52.3 Å². The van der Waals surface area contributed by atoms with Crippen molar-refractivity contribution in [2.24, 2.45) is 0 Å². The van der Waals surface area contributed by atoms with E-state index in [4.69, 9.17) is 8.85 Å². The van der Waals surface area contributed by atoms with Crippen LogP contribution >= 0.6 is 0 Å². The van der Waals surface area contributed by atoms with Crippen LogP contribution < -0.4 is 0 Å². The van der Waals surface area contributed by atoms with Crippen molar-refractivity contribution < 1.29 is 13.6 Å². The second-order valence-electron chi connectivity index (χ2n) is 5.37. The van der Waals surface area contributed by atoms with Crippen molar-refractivity contribution in [2.75, 3.05) is 0 Å². The number of hydrogen-bond donors (Lipinski definition) is 0. The largest absolute Gasteiger partial charge is 0.540 e. The minimum Gasteiger partial charge on any atom is -0.540 e. The number of hydrogen-bond acceptors (Lipinski definition) is 3. The molecule has 0 aliphatic rings. The Morgan fingerprint density at radius 1 is 0.933 bits per heavy atom. The minimum atomic E-state index is -1.83. The highest BCUT2D eigenvalue weighted by atomic mass is 28.4. The van der Waals surface area contributed by atoms with Crippen LogP contribution in [-0.4, -0.2) is 22.6 Å². The molecule has 0 aliphatic heterocycles. The lowest BCUT2D eigenvalue weighted by Crippen LogP contribution is -2.33. The number of allylic oxidation sites excluding steroid dienone is 1. The molecule has 0 aromatic rings. The summed E-state index contributed by atoms with van der Waals surface area (Å²) in [5.74, 6) is 0.0377. The summed E-state index contributed by atoms with van der Waals surface area (Å²) in [6.07, 6.45) is 1.68. The fourth-order valence-corrected chi connectivity index (χ4v) is 2.39. The normalized spacial score (nSPS) is 13.7. The van der Waals surface area contributed by atoms with Gasteiger partial charge in [0.15, 0.2) is 5.76 Å². The van der Waals surface area contributed by atoms with Gasteiger partial charge in [-0.2, -0.15) is 0 Å². The van der Waals surface area contributed by atoms with E-state index in [9.17, 15) is 4.79 Å². The highest BCUT2D eigenvalue weighted by molar-refractivity contribution is 6.72. The van der Waals surface area contributed by atoms with Crippen LogP contribution in [0.1, 0.15) is 6.92 Å². The molecule has 0 aromatic carbocycles. The topological polar surface area (TPSA) is 35.5 Å². The summed E-state index contributed by atoms with van der Waals surface area (Å²) >= 11 is 0. The summed E-state index contributed by atoms with van der Waals surface area (Å²) in [5.41, 5.74) is 0. The van der Waals surface area contributed by atoms with Gasteiger partial charge >= 0.3 is 5.97 Å². The fraction of sp³-hybridized carbons (Fsp3) is 0.700. The van der Waals surface area contributed by atoms with Crippen molar-refractivity contribution in [1.82, 2.24) is 0 Å². The van der Waals surface area contributed by atoms with Crippen LogP contribution in [-0.2, 0) is 13.6 Å². The van der Waals surface area contributed by atoms with Gasteiger partial charge in [0.1, 0.15) is 0 Å². The molecule has 0 atom stereocenters. The molecular weight excluding hydrogens is 224 g/mol. The molecule has 0 amide bonds. The van der Waals surface area contributed by atoms with Crippen molar-refractivity contribution in [3.05, 3.63) is 11.8 Å². The molecule has 0 spiro atoms. The average molecular weight is 246 g/mol. The summed E-state index contributed by atoms with van der Waals surface area (Å²) < 4.78 is 11.0. The Balaban J connectivity index is 4.53. The van der Waals surface area contributed by atoms with Gasteiger partial charge in [-0.25, -0.2) is 4.79 Å². The van der Waals surface area contributed by atoms with Gasteiger partial charge in [0, 0.05) is 0 Å². The number of carbonyl (C=O) groups excluding carboxylic acids is 1. The third-order valence-corrected chi connectivity index (χ3v) is 2.91. The van der Waals surface area contributed by atoms with Crippen LogP contribution in [0.15, 0.2) is 11.8 Å². The Kier molecular flexibility index (Phi) is 4.80. The zero-order chi connectivity index (χ0) is 12.3. The molecule has 0 aromatic heterocycles. The van der Waals surface area contributed by atoms with Crippen LogP contribution in [0.4, 0.5) is 0 Å². The zero-order valence-corrected chi connectivity index (χ0v) is 12.8.